The summed E-state index contributed by atoms with van der Waals surface area (Å²) in [6.07, 6.45) is 0. The van der Waals surface area contributed by atoms with Gasteiger partial charge < -0.3 is 67.3 Å². The fraction of sp³-hybridized carbons (Fsp3) is 0.649. The Kier molecular flexibility index (Phi) is 30.5. The molecule has 15 nitrogen and oxygen atoms in total. The number of anilines is 1. The van der Waals surface area contributed by atoms with Crippen LogP contribution in [0.5, 0.6) is 5.75 Å². The molecule has 0 aliphatic rings. The summed E-state index contributed by atoms with van der Waals surface area (Å²) >= 11 is 0. The number of hydrogen-bond acceptors (Lipinski definition) is 15. The molecule has 0 unspecified atom stereocenters. The molecule has 0 spiro atoms. The molecule has 2 N–H and O–H groups in total. The van der Waals surface area contributed by atoms with Crippen LogP contribution in [0, 0.1) is 0 Å². The van der Waals surface area contributed by atoms with Gasteiger partial charge in [0.25, 0.3) is 0 Å². The van der Waals surface area contributed by atoms with E-state index in [0.717, 1.165) is 5.75 Å². The minimum absolute atomic E-state index is 0.198. The second-order valence-electron chi connectivity index (χ2n) is 10.7. The number of nitrogen functional groups attached to an aromatic ring is 1. The van der Waals surface area contributed by atoms with E-state index in [1.807, 2.05) is 18.2 Å². The number of hydrogen-bond donors (Lipinski definition) is 1. The summed E-state index contributed by atoms with van der Waals surface area (Å²) < 4.78 is 70.8. The molecular formula is C37H59NO14. The summed E-state index contributed by atoms with van der Waals surface area (Å²) in [4.78, 5) is 11.8. The van der Waals surface area contributed by atoms with E-state index >= 15 is 0 Å². The number of rotatable bonds is 38. The number of nitrogens with two attached hydrogens (primary N) is 1. The summed E-state index contributed by atoms with van der Waals surface area (Å²) in [6.45, 7) is 11.1. The molecule has 0 bridgehead atoms. The summed E-state index contributed by atoms with van der Waals surface area (Å²) in [7, 11) is 0. The van der Waals surface area contributed by atoms with E-state index in [1.165, 1.54) is 0 Å². The normalized spacial score (nSPS) is 11.2. The fourth-order valence-electron chi connectivity index (χ4n) is 3.93. The standard InChI is InChI=1S/C37H59NO14/c38-35-6-8-36(9-7-35)51-32-30-49-28-26-47-24-22-45-20-18-43-16-14-41-12-10-40-11-13-42-15-17-44-19-21-46-23-25-48-27-29-50-31-33-52-37(39)34-4-2-1-3-5-34/h1-9H,10-33,38H2. The molecule has 0 heterocycles. The van der Waals surface area contributed by atoms with Crippen LogP contribution in [0.2, 0.25) is 0 Å². The third kappa shape index (κ3) is 28.6. The predicted octanol–water partition coefficient (Wildman–Crippen LogP) is 2.69. The Hall–Kier alpha value is -2.93. The van der Waals surface area contributed by atoms with Gasteiger partial charge in [-0.1, -0.05) is 18.2 Å². The molecule has 0 atom stereocenters. The Morgan fingerprint density at radius 2 is 0.654 bits per heavy atom. The van der Waals surface area contributed by atoms with E-state index in [0.29, 0.717) is 163 Å². The van der Waals surface area contributed by atoms with Crippen LogP contribution in [0.15, 0.2) is 54.6 Å². The quantitative estimate of drug-likeness (QED) is 0.0607. The first-order valence-corrected chi connectivity index (χ1v) is 17.8. The molecule has 2 aromatic carbocycles. The minimum Gasteiger partial charge on any atom is -0.491 e. The second kappa shape index (κ2) is 35.1. The SMILES string of the molecule is Nc1ccc(OCCOCCOCCOCCOCCOCCOCCOCCOCCOCCOCCOCCOC(=O)c2ccccc2)cc1. The number of carbonyl (C=O) groups excluding carboxylic acids is 1. The summed E-state index contributed by atoms with van der Waals surface area (Å²) in [5.41, 5.74) is 6.87. The fourth-order valence-corrected chi connectivity index (χ4v) is 3.93. The lowest BCUT2D eigenvalue weighted by Gasteiger charge is -2.09. The lowest BCUT2D eigenvalue weighted by molar-refractivity contribution is -0.0282. The average Bonchev–Trinajstić information content (AvgIpc) is 3.17. The van der Waals surface area contributed by atoms with Gasteiger partial charge in [0.05, 0.1) is 151 Å². The largest absolute Gasteiger partial charge is 0.491 e. The highest BCUT2D eigenvalue weighted by Crippen LogP contribution is 2.12. The third-order valence-corrected chi connectivity index (χ3v) is 6.57. The lowest BCUT2D eigenvalue weighted by atomic mass is 10.2. The predicted molar refractivity (Wildman–Crippen MR) is 192 cm³/mol. The Morgan fingerprint density at radius 3 is 0.981 bits per heavy atom. The van der Waals surface area contributed by atoms with Crippen LogP contribution in [0.4, 0.5) is 5.69 Å². The van der Waals surface area contributed by atoms with Crippen molar-refractivity contribution in [3.8, 4) is 5.75 Å². The molecule has 2 rings (SSSR count). The smallest absolute Gasteiger partial charge is 0.338 e. The van der Waals surface area contributed by atoms with Crippen LogP contribution in [0.1, 0.15) is 10.4 Å². The van der Waals surface area contributed by atoms with Crippen LogP contribution in [0.3, 0.4) is 0 Å². The maximum atomic E-state index is 11.8. The van der Waals surface area contributed by atoms with Crippen LogP contribution < -0.4 is 10.5 Å². The number of esters is 1. The molecule has 0 aliphatic heterocycles. The molecule has 0 saturated carbocycles. The highest BCUT2D eigenvalue weighted by molar-refractivity contribution is 5.89. The molecular weight excluding hydrogens is 682 g/mol. The third-order valence-electron chi connectivity index (χ3n) is 6.57. The van der Waals surface area contributed by atoms with E-state index < -0.39 is 0 Å². The molecule has 0 aliphatic carbocycles. The first-order valence-electron chi connectivity index (χ1n) is 17.8. The highest BCUT2D eigenvalue weighted by Gasteiger charge is 2.05. The minimum atomic E-state index is -0.359. The van der Waals surface area contributed by atoms with Gasteiger partial charge in [0.1, 0.15) is 19.0 Å². The number of benzene rings is 2. The van der Waals surface area contributed by atoms with E-state index in [2.05, 4.69) is 0 Å². The maximum absolute atomic E-state index is 11.8. The van der Waals surface area contributed by atoms with Gasteiger partial charge in [0.2, 0.25) is 0 Å². The van der Waals surface area contributed by atoms with Crippen LogP contribution in [-0.2, 0) is 56.8 Å². The van der Waals surface area contributed by atoms with Crippen molar-refractivity contribution in [2.45, 2.75) is 0 Å². The molecule has 0 saturated heterocycles. The maximum Gasteiger partial charge on any atom is 0.338 e. The number of carbonyl (C=O) groups is 1. The monoisotopic (exact) mass is 741 g/mol. The van der Waals surface area contributed by atoms with Crippen molar-refractivity contribution in [2.75, 3.05) is 164 Å². The van der Waals surface area contributed by atoms with Gasteiger partial charge in [0.15, 0.2) is 0 Å². The van der Waals surface area contributed by atoms with Gasteiger partial charge in [0, 0.05) is 5.69 Å². The molecule has 52 heavy (non-hydrogen) atoms. The highest BCUT2D eigenvalue weighted by atomic mass is 16.6. The van der Waals surface area contributed by atoms with Gasteiger partial charge in [-0.15, -0.1) is 0 Å². The van der Waals surface area contributed by atoms with Crippen molar-refractivity contribution >= 4 is 11.7 Å². The Morgan fingerprint density at radius 1 is 0.365 bits per heavy atom. The first-order chi connectivity index (χ1) is 25.8. The summed E-state index contributed by atoms with van der Waals surface area (Å²) in [5.74, 6) is 0.409. The summed E-state index contributed by atoms with van der Waals surface area (Å²) in [5, 5.41) is 0. The van der Waals surface area contributed by atoms with E-state index in [4.69, 9.17) is 67.3 Å². The second-order valence-corrected chi connectivity index (χ2v) is 10.7. The van der Waals surface area contributed by atoms with E-state index in [1.54, 1.807) is 36.4 Å². The van der Waals surface area contributed by atoms with Crippen molar-refractivity contribution in [1.82, 2.24) is 0 Å². The van der Waals surface area contributed by atoms with Crippen LogP contribution in [0.25, 0.3) is 0 Å². The zero-order valence-electron chi connectivity index (χ0n) is 30.5. The Labute approximate surface area is 308 Å². The topological polar surface area (TPSA) is 163 Å². The Balaban J connectivity index is 1.14. The van der Waals surface area contributed by atoms with Crippen molar-refractivity contribution in [2.24, 2.45) is 0 Å². The van der Waals surface area contributed by atoms with Crippen molar-refractivity contribution in [3.05, 3.63) is 60.2 Å². The zero-order chi connectivity index (χ0) is 36.8. The van der Waals surface area contributed by atoms with Crippen molar-refractivity contribution < 1.29 is 66.4 Å². The van der Waals surface area contributed by atoms with E-state index in [9.17, 15) is 4.79 Å². The van der Waals surface area contributed by atoms with Crippen molar-refractivity contribution in [3.63, 3.8) is 0 Å². The van der Waals surface area contributed by atoms with Gasteiger partial charge in [-0.3, -0.25) is 0 Å². The zero-order valence-corrected chi connectivity index (χ0v) is 30.5. The molecule has 0 fully saturated rings. The molecule has 0 amide bonds. The molecule has 2 aromatic rings. The first kappa shape index (κ1) is 45.2. The van der Waals surface area contributed by atoms with Gasteiger partial charge >= 0.3 is 5.97 Å². The molecule has 15 heteroatoms. The average molecular weight is 742 g/mol. The Bertz CT molecular complexity index is 1050. The van der Waals surface area contributed by atoms with Gasteiger partial charge in [-0.2, -0.15) is 0 Å². The lowest BCUT2D eigenvalue weighted by Crippen LogP contribution is -2.16. The number of ether oxygens (including phenoxy) is 13. The van der Waals surface area contributed by atoms with Crippen LogP contribution >= 0.6 is 0 Å². The molecule has 0 aromatic heterocycles. The van der Waals surface area contributed by atoms with E-state index in [-0.39, 0.29) is 12.6 Å². The van der Waals surface area contributed by atoms with Crippen molar-refractivity contribution in [1.29, 1.82) is 0 Å². The van der Waals surface area contributed by atoms with Gasteiger partial charge in [-0.05, 0) is 36.4 Å². The molecule has 0 radical (unpaired) electrons. The van der Waals surface area contributed by atoms with Crippen LogP contribution in [-0.4, -0.2) is 165 Å². The molecule has 296 valence electrons. The summed E-state index contributed by atoms with van der Waals surface area (Å²) in [6, 6.07) is 16.1. The van der Waals surface area contributed by atoms with Gasteiger partial charge in [-0.25, -0.2) is 4.79 Å².